The maximum Gasteiger partial charge on any atom is 0.365 e. The van der Waals surface area contributed by atoms with Crippen molar-refractivity contribution in [1.82, 2.24) is 0 Å². The van der Waals surface area contributed by atoms with Crippen LogP contribution in [0.2, 0.25) is 0 Å². The lowest BCUT2D eigenvalue weighted by Crippen LogP contribution is -2.15. The van der Waals surface area contributed by atoms with Crippen LogP contribution in [0.3, 0.4) is 0 Å². The predicted molar refractivity (Wildman–Crippen MR) is 109 cm³/mol. The van der Waals surface area contributed by atoms with Gasteiger partial charge in [-0.25, -0.2) is 0 Å². The number of methoxy groups -OCH3 is 2. The molecule has 2 rings (SSSR count). The topological polar surface area (TPSA) is 54.0 Å². The third-order valence-electron chi connectivity index (χ3n) is 4.30. The van der Waals surface area contributed by atoms with Crippen LogP contribution in [0.4, 0.5) is 0 Å². The molecule has 27 heavy (non-hydrogen) atoms. The lowest BCUT2D eigenvalue weighted by molar-refractivity contribution is 0.229. The minimum absolute atomic E-state index is 0.278. The molecule has 0 bridgehead atoms. The van der Waals surface area contributed by atoms with Gasteiger partial charge in [-0.05, 0) is 43.0 Å². The Morgan fingerprint density at radius 3 is 1.85 bits per heavy atom. The van der Waals surface area contributed by atoms with Gasteiger partial charge >= 0.3 is 7.60 Å². The average Bonchev–Trinajstić information content (AvgIpc) is 2.68. The molecule has 0 unspecified atom stereocenters. The van der Waals surface area contributed by atoms with E-state index in [9.17, 15) is 4.57 Å². The van der Waals surface area contributed by atoms with E-state index in [2.05, 4.69) is 31.2 Å². The summed E-state index contributed by atoms with van der Waals surface area (Å²) >= 11 is 0. The van der Waals surface area contributed by atoms with Crippen LogP contribution >= 0.6 is 7.60 Å². The molecule has 0 aromatic heterocycles. The number of hydrogen-bond donors (Lipinski definition) is 0. The Kier molecular flexibility index (Phi) is 7.91. The van der Waals surface area contributed by atoms with Gasteiger partial charge in [0, 0.05) is 12.5 Å². The van der Waals surface area contributed by atoms with Crippen molar-refractivity contribution in [1.29, 1.82) is 0 Å². The Hall–Kier alpha value is -1.81. The normalized spacial score (nSPS) is 11.4. The van der Waals surface area contributed by atoms with Crippen molar-refractivity contribution in [3.63, 3.8) is 0 Å². The Balaban J connectivity index is 2.51. The maximum atomic E-state index is 13.3. The molecule has 0 aliphatic heterocycles. The molecule has 0 atom stereocenters. The molecule has 2 aromatic carbocycles. The summed E-state index contributed by atoms with van der Waals surface area (Å²) in [5, 5.41) is 0.426. The first kappa shape index (κ1) is 21.5. The second-order valence-electron chi connectivity index (χ2n) is 6.02. The highest BCUT2D eigenvalue weighted by Crippen LogP contribution is 2.50. The van der Waals surface area contributed by atoms with Gasteiger partial charge in [0.05, 0.1) is 27.4 Å². The highest BCUT2D eigenvalue weighted by molar-refractivity contribution is 7.62. The molecule has 0 saturated heterocycles. The molecule has 6 heteroatoms. The van der Waals surface area contributed by atoms with Crippen molar-refractivity contribution in [2.45, 2.75) is 33.6 Å². The molecule has 5 nitrogen and oxygen atoms in total. The Labute approximate surface area is 162 Å². The van der Waals surface area contributed by atoms with Crippen molar-refractivity contribution in [3.05, 3.63) is 53.1 Å². The fourth-order valence-electron chi connectivity index (χ4n) is 2.93. The van der Waals surface area contributed by atoms with Crippen molar-refractivity contribution in [3.8, 4) is 11.5 Å². The number of hydrogen-bond acceptors (Lipinski definition) is 5. The summed E-state index contributed by atoms with van der Waals surface area (Å²) in [4.78, 5) is 0. The van der Waals surface area contributed by atoms with Gasteiger partial charge in [-0.1, -0.05) is 31.2 Å². The lowest BCUT2D eigenvalue weighted by Gasteiger charge is -2.21. The molecule has 148 valence electrons. The zero-order valence-electron chi connectivity index (χ0n) is 16.8. The molecule has 0 aliphatic carbocycles. The first-order chi connectivity index (χ1) is 13.0. The van der Waals surface area contributed by atoms with E-state index in [0.29, 0.717) is 23.2 Å². The molecule has 0 N–H and O–H groups in total. The highest BCUT2D eigenvalue weighted by Gasteiger charge is 2.32. The molecular formula is C21H29O5P. The summed E-state index contributed by atoms with van der Waals surface area (Å²) in [6, 6.07) is 12.0. The van der Waals surface area contributed by atoms with E-state index in [-0.39, 0.29) is 13.2 Å². The highest BCUT2D eigenvalue weighted by atomic mass is 31.2. The van der Waals surface area contributed by atoms with Gasteiger partial charge in [0.15, 0.2) is 0 Å². The van der Waals surface area contributed by atoms with Crippen LogP contribution in [-0.2, 0) is 26.5 Å². The minimum Gasteiger partial charge on any atom is -0.496 e. The number of ether oxygens (including phenoxy) is 2. The van der Waals surface area contributed by atoms with Gasteiger partial charge in [-0.15, -0.1) is 0 Å². The van der Waals surface area contributed by atoms with Crippen molar-refractivity contribution < 1.29 is 23.1 Å². The van der Waals surface area contributed by atoms with E-state index in [1.807, 2.05) is 6.07 Å². The molecule has 0 radical (unpaired) electrons. The zero-order valence-corrected chi connectivity index (χ0v) is 17.7. The monoisotopic (exact) mass is 392 g/mol. The first-order valence-corrected chi connectivity index (χ1v) is 10.8. The van der Waals surface area contributed by atoms with Crippen molar-refractivity contribution in [2.24, 2.45) is 0 Å². The van der Waals surface area contributed by atoms with Crippen molar-refractivity contribution >= 4 is 12.9 Å². The van der Waals surface area contributed by atoms with Gasteiger partial charge in [0.2, 0.25) is 0 Å². The van der Waals surface area contributed by atoms with E-state index >= 15 is 0 Å². The second kappa shape index (κ2) is 9.93. The lowest BCUT2D eigenvalue weighted by atomic mass is 10.0. The van der Waals surface area contributed by atoms with Crippen LogP contribution in [0.5, 0.6) is 11.5 Å². The third kappa shape index (κ3) is 5.13. The van der Waals surface area contributed by atoms with E-state index < -0.39 is 7.60 Å². The summed E-state index contributed by atoms with van der Waals surface area (Å²) in [5.41, 5.74) is 3.33. The molecular weight excluding hydrogens is 363 g/mol. The molecule has 0 amide bonds. The molecule has 0 aliphatic rings. The first-order valence-electron chi connectivity index (χ1n) is 9.23. The largest absolute Gasteiger partial charge is 0.496 e. The summed E-state index contributed by atoms with van der Waals surface area (Å²) in [7, 11) is -0.336. The van der Waals surface area contributed by atoms with E-state index in [4.69, 9.17) is 18.5 Å². The molecule has 0 heterocycles. The summed E-state index contributed by atoms with van der Waals surface area (Å²) in [6.07, 6.45) is 1.64. The number of benzene rings is 2. The molecule has 2 aromatic rings. The number of aryl methyl sites for hydroxylation is 1. The Bertz CT molecular complexity index is 776. The van der Waals surface area contributed by atoms with E-state index in [0.717, 1.165) is 17.5 Å². The van der Waals surface area contributed by atoms with Gasteiger partial charge < -0.3 is 18.5 Å². The third-order valence-corrected chi connectivity index (χ3v) is 6.44. The van der Waals surface area contributed by atoms with Gasteiger partial charge in [0.1, 0.15) is 16.8 Å². The summed E-state index contributed by atoms with van der Waals surface area (Å²) in [6.45, 7) is 6.27. The maximum absolute atomic E-state index is 13.3. The fourth-order valence-corrected chi connectivity index (χ4v) is 4.70. The van der Waals surface area contributed by atoms with Crippen LogP contribution < -0.4 is 14.8 Å². The average molecular weight is 392 g/mol. The quantitative estimate of drug-likeness (QED) is 0.546. The summed E-state index contributed by atoms with van der Waals surface area (Å²) < 4.78 is 35.3. The molecule has 0 saturated carbocycles. The Morgan fingerprint density at radius 1 is 0.815 bits per heavy atom. The van der Waals surface area contributed by atoms with Gasteiger partial charge in [0.25, 0.3) is 0 Å². The van der Waals surface area contributed by atoms with E-state index in [1.54, 1.807) is 27.0 Å². The van der Waals surface area contributed by atoms with Crippen LogP contribution in [0, 0.1) is 0 Å². The molecule has 0 spiro atoms. The minimum atomic E-state index is -3.48. The Morgan fingerprint density at radius 2 is 1.37 bits per heavy atom. The zero-order chi connectivity index (χ0) is 19.9. The van der Waals surface area contributed by atoms with Gasteiger partial charge in [-0.2, -0.15) is 0 Å². The van der Waals surface area contributed by atoms with Crippen LogP contribution in [0.1, 0.15) is 37.5 Å². The predicted octanol–water partition coefficient (Wildman–Crippen LogP) is 4.75. The second-order valence-corrected chi connectivity index (χ2v) is 8.01. The fraction of sp³-hybridized carbons (Fsp3) is 0.429. The van der Waals surface area contributed by atoms with Crippen LogP contribution in [0.25, 0.3) is 0 Å². The SMILES string of the molecule is CCOP(=O)(OCC)c1cc(Cc2ccc(CC)cc2)c(OC)cc1OC. The van der Waals surface area contributed by atoms with E-state index in [1.165, 1.54) is 12.7 Å². The molecule has 0 fully saturated rings. The van der Waals surface area contributed by atoms with Crippen LogP contribution in [0.15, 0.2) is 36.4 Å². The summed E-state index contributed by atoms with van der Waals surface area (Å²) in [5.74, 6) is 1.11. The standard InChI is InChI=1S/C21H29O5P/c1-6-16-9-11-17(12-10-16)13-18-14-21(20(24-5)15-19(18)23-4)27(22,25-7-2)26-8-3/h9-12,14-15H,6-8,13H2,1-5H3. The smallest absolute Gasteiger partial charge is 0.365 e. The number of rotatable bonds is 10. The van der Waals surface area contributed by atoms with Crippen LogP contribution in [-0.4, -0.2) is 27.4 Å². The van der Waals surface area contributed by atoms with Crippen molar-refractivity contribution in [2.75, 3.05) is 27.4 Å². The van der Waals surface area contributed by atoms with Gasteiger partial charge in [-0.3, -0.25) is 4.57 Å².